The van der Waals surface area contributed by atoms with Crippen LogP contribution in [-0.4, -0.2) is 6.72 Å². The first kappa shape index (κ1) is 9.46. The van der Waals surface area contributed by atoms with E-state index in [0.717, 1.165) is 12.0 Å². The van der Waals surface area contributed by atoms with Crippen molar-refractivity contribution in [2.45, 2.75) is 6.42 Å². The van der Waals surface area contributed by atoms with Crippen LogP contribution in [0.15, 0.2) is 59.8 Å². The molecule has 1 rings (SSSR count). The van der Waals surface area contributed by atoms with Crippen LogP contribution in [0.1, 0.15) is 5.56 Å². The fourth-order valence-corrected chi connectivity index (χ4v) is 1.12. The first-order valence-corrected chi connectivity index (χ1v) is 4.18. The second kappa shape index (κ2) is 5.09. The second-order valence-corrected chi connectivity index (χ2v) is 2.75. The maximum absolute atomic E-state index is 3.72. The second-order valence-electron chi connectivity index (χ2n) is 2.75. The maximum Gasteiger partial charge on any atom is 0.0295 e. The van der Waals surface area contributed by atoms with Crippen LogP contribution < -0.4 is 0 Å². The van der Waals surface area contributed by atoms with E-state index in [1.807, 2.05) is 24.3 Å². The molecular weight excluding hydrogens is 158 g/mol. The minimum atomic E-state index is 0.864. The Labute approximate surface area is 79.1 Å². The van der Waals surface area contributed by atoms with E-state index in [0.29, 0.717) is 0 Å². The van der Waals surface area contributed by atoms with E-state index in [9.17, 15) is 0 Å². The zero-order chi connectivity index (χ0) is 9.52. The molecule has 0 aliphatic rings. The van der Waals surface area contributed by atoms with Crippen molar-refractivity contribution in [3.8, 4) is 0 Å². The molecule has 0 radical (unpaired) electrons. The zero-order valence-corrected chi connectivity index (χ0v) is 7.61. The molecule has 1 aromatic carbocycles. The third-order valence-corrected chi connectivity index (χ3v) is 1.77. The summed E-state index contributed by atoms with van der Waals surface area (Å²) in [5.41, 5.74) is 2.35. The molecule has 13 heavy (non-hydrogen) atoms. The van der Waals surface area contributed by atoms with Crippen LogP contribution in [0, 0.1) is 0 Å². The van der Waals surface area contributed by atoms with Gasteiger partial charge in [0.1, 0.15) is 0 Å². The van der Waals surface area contributed by atoms with Crippen molar-refractivity contribution in [1.29, 1.82) is 0 Å². The SMILES string of the molecule is C=C/C(=C\N=C)Cc1ccccc1. The topological polar surface area (TPSA) is 12.4 Å². The van der Waals surface area contributed by atoms with E-state index in [1.165, 1.54) is 5.56 Å². The van der Waals surface area contributed by atoms with Gasteiger partial charge in [0, 0.05) is 6.20 Å². The number of hydrogen-bond donors (Lipinski definition) is 0. The predicted octanol–water partition coefficient (Wildman–Crippen LogP) is 3.00. The number of hydrogen-bond acceptors (Lipinski definition) is 1. The van der Waals surface area contributed by atoms with E-state index < -0.39 is 0 Å². The molecule has 0 unspecified atom stereocenters. The van der Waals surface area contributed by atoms with E-state index in [1.54, 1.807) is 6.20 Å². The Bertz CT molecular complexity index is 309. The summed E-state index contributed by atoms with van der Waals surface area (Å²) in [5.74, 6) is 0. The van der Waals surface area contributed by atoms with Gasteiger partial charge in [-0.2, -0.15) is 0 Å². The molecule has 0 heterocycles. The Kier molecular flexibility index (Phi) is 3.71. The van der Waals surface area contributed by atoms with Gasteiger partial charge >= 0.3 is 0 Å². The number of benzene rings is 1. The summed E-state index contributed by atoms with van der Waals surface area (Å²) >= 11 is 0. The smallest absolute Gasteiger partial charge is 0.0295 e. The van der Waals surface area contributed by atoms with Crippen molar-refractivity contribution >= 4 is 6.72 Å². The van der Waals surface area contributed by atoms with Gasteiger partial charge in [-0.15, -0.1) is 0 Å². The molecule has 66 valence electrons. The molecule has 0 saturated heterocycles. The minimum Gasteiger partial charge on any atom is -0.272 e. The van der Waals surface area contributed by atoms with Crippen LogP contribution in [0.5, 0.6) is 0 Å². The highest BCUT2D eigenvalue weighted by atomic mass is 14.6. The molecule has 0 bridgehead atoms. The quantitative estimate of drug-likeness (QED) is 0.488. The van der Waals surface area contributed by atoms with Gasteiger partial charge in [0.15, 0.2) is 0 Å². The predicted molar refractivity (Wildman–Crippen MR) is 58.0 cm³/mol. The van der Waals surface area contributed by atoms with Gasteiger partial charge in [-0.05, 0) is 24.3 Å². The summed E-state index contributed by atoms with van der Waals surface area (Å²) in [4.78, 5) is 3.72. The Balaban J connectivity index is 2.73. The molecule has 1 nitrogen and oxygen atoms in total. The van der Waals surface area contributed by atoms with Gasteiger partial charge in [-0.25, -0.2) is 0 Å². The Morgan fingerprint density at radius 2 is 2.00 bits per heavy atom. The standard InChI is InChI=1S/C12H13N/c1-3-11(10-13-2)9-12-7-5-4-6-8-12/h3-8,10H,1-2,9H2/b11-10+. The lowest BCUT2D eigenvalue weighted by Gasteiger charge is -2.00. The van der Waals surface area contributed by atoms with E-state index in [2.05, 4.69) is 30.4 Å². The Morgan fingerprint density at radius 1 is 1.31 bits per heavy atom. The van der Waals surface area contributed by atoms with E-state index >= 15 is 0 Å². The van der Waals surface area contributed by atoms with Gasteiger partial charge in [0.2, 0.25) is 0 Å². The van der Waals surface area contributed by atoms with Crippen LogP contribution in [0.3, 0.4) is 0 Å². The lowest BCUT2D eigenvalue weighted by molar-refractivity contribution is 1.18. The highest BCUT2D eigenvalue weighted by Gasteiger charge is 1.93. The van der Waals surface area contributed by atoms with E-state index in [-0.39, 0.29) is 0 Å². The third kappa shape index (κ3) is 3.08. The molecule has 0 amide bonds. The molecule has 1 heteroatoms. The fourth-order valence-electron chi connectivity index (χ4n) is 1.12. The summed E-state index contributed by atoms with van der Waals surface area (Å²) in [5, 5.41) is 0. The van der Waals surface area contributed by atoms with Crippen molar-refractivity contribution in [3.63, 3.8) is 0 Å². The number of allylic oxidation sites excluding steroid dienone is 2. The molecule has 0 N–H and O–H groups in total. The molecule has 0 saturated carbocycles. The molecular formula is C12H13N. The van der Waals surface area contributed by atoms with Crippen molar-refractivity contribution in [2.24, 2.45) is 4.99 Å². The highest BCUT2D eigenvalue weighted by Crippen LogP contribution is 2.08. The monoisotopic (exact) mass is 171 g/mol. The van der Waals surface area contributed by atoms with Gasteiger partial charge in [0.05, 0.1) is 0 Å². The molecule has 0 fully saturated rings. The largest absolute Gasteiger partial charge is 0.272 e. The molecule has 0 spiro atoms. The zero-order valence-electron chi connectivity index (χ0n) is 7.61. The summed E-state index contributed by atoms with van der Waals surface area (Å²) < 4.78 is 0. The average molecular weight is 171 g/mol. The van der Waals surface area contributed by atoms with E-state index in [4.69, 9.17) is 0 Å². The average Bonchev–Trinajstić information content (AvgIpc) is 2.19. The van der Waals surface area contributed by atoms with Gasteiger partial charge in [0.25, 0.3) is 0 Å². The summed E-state index contributed by atoms with van der Waals surface area (Å²) in [6, 6.07) is 10.2. The molecule has 0 atom stereocenters. The molecule has 0 aliphatic carbocycles. The maximum atomic E-state index is 3.72. The van der Waals surface area contributed by atoms with Gasteiger partial charge < -0.3 is 0 Å². The van der Waals surface area contributed by atoms with Crippen molar-refractivity contribution in [3.05, 3.63) is 60.3 Å². The first-order chi connectivity index (χ1) is 6.36. The third-order valence-electron chi connectivity index (χ3n) is 1.77. The lowest BCUT2D eigenvalue weighted by atomic mass is 10.1. The molecule has 0 aliphatic heterocycles. The van der Waals surface area contributed by atoms with Crippen molar-refractivity contribution in [1.82, 2.24) is 0 Å². The Hall–Kier alpha value is -1.63. The molecule has 1 aromatic rings. The summed E-state index contributed by atoms with van der Waals surface area (Å²) in [6.45, 7) is 7.14. The van der Waals surface area contributed by atoms with Crippen LogP contribution in [0.2, 0.25) is 0 Å². The van der Waals surface area contributed by atoms with Crippen LogP contribution >= 0.6 is 0 Å². The first-order valence-electron chi connectivity index (χ1n) is 4.18. The van der Waals surface area contributed by atoms with Gasteiger partial charge in [-0.3, -0.25) is 4.99 Å². The molecule has 0 aromatic heterocycles. The Morgan fingerprint density at radius 3 is 2.54 bits per heavy atom. The minimum absolute atomic E-state index is 0.864. The number of nitrogens with zero attached hydrogens (tertiary/aromatic N) is 1. The van der Waals surface area contributed by atoms with Crippen molar-refractivity contribution in [2.75, 3.05) is 0 Å². The highest BCUT2D eigenvalue weighted by molar-refractivity contribution is 5.31. The van der Waals surface area contributed by atoms with Gasteiger partial charge in [-0.1, -0.05) is 43.0 Å². The lowest BCUT2D eigenvalue weighted by Crippen LogP contribution is -1.86. The number of rotatable bonds is 4. The van der Waals surface area contributed by atoms with Crippen LogP contribution in [0.25, 0.3) is 0 Å². The fraction of sp³-hybridized carbons (Fsp3) is 0.0833. The summed E-state index contributed by atoms with van der Waals surface area (Å²) in [6.07, 6.45) is 4.41. The number of aliphatic imine (C=N–C) groups is 1. The summed E-state index contributed by atoms with van der Waals surface area (Å²) in [7, 11) is 0. The van der Waals surface area contributed by atoms with Crippen LogP contribution in [-0.2, 0) is 6.42 Å². The van der Waals surface area contributed by atoms with Crippen LogP contribution in [0.4, 0.5) is 0 Å². The normalized spacial score (nSPS) is 10.9. The van der Waals surface area contributed by atoms with Crippen molar-refractivity contribution < 1.29 is 0 Å².